The van der Waals surface area contributed by atoms with Gasteiger partial charge in [-0.05, 0) is 25.3 Å². The quantitative estimate of drug-likeness (QED) is 0.617. The number of rotatable bonds is 1. The normalized spacial score (nSPS) is 30.7. The maximum absolute atomic E-state index is 10.7. The van der Waals surface area contributed by atoms with Gasteiger partial charge < -0.3 is 5.32 Å². The van der Waals surface area contributed by atoms with Gasteiger partial charge in [0.15, 0.2) is 0 Å². The van der Waals surface area contributed by atoms with E-state index in [-0.39, 0.29) is 23.6 Å². The number of piperidine rings is 1. The highest BCUT2D eigenvalue weighted by Gasteiger charge is 2.21. The van der Waals surface area contributed by atoms with Crippen LogP contribution in [-0.2, 0) is 4.79 Å². The third kappa shape index (κ3) is 3.45. The summed E-state index contributed by atoms with van der Waals surface area (Å²) in [7, 11) is 0. The lowest BCUT2D eigenvalue weighted by molar-refractivity contribution is -0.113. The lowest BCUT2D eigenvalue weighted by Crippen LogP contribution is -2.41. The molecule has 1 N–H and O–H groups in total. The summed E-state index contributed by atoms with van der Waals surface area (Å²) in [6, 6.07) is 0.00656. The number of carbonyl (C=O) groups is 1. The first-order valence-corrected chi connectivity index (χ1v) is 4.11. The SMILES string of the molecule is C[C@H]1CCN[C@H](C(=O)S)C1.Cl. The predicted octanol–water partition coefficient (Wildman–Crippen LogP) is 1.25. The van der Waals surface area contributed by atoms with Crippen LogP contribution in [0.4, 0.5) is 0 Å². The van der Waals surface area contributed by atoms with E-state index in [1.54, 1.807) is 0 Å². The van der Waals surface area contributed by atoms with Crippen LogP contribution in [0.25, 0.3) is 0 Å². The highest BCUT2D eigenvalue weighted by molar-refractivity contribution is 7.96. The average molecular weight is 196 g/mol. The third-order valence-electron chi connectivity index (χ3n) is 1.96. The van der Waals surface area contributed by atoms with Gasteiger partial charge in [0.1, 0.15) is 0 Å². The first kappa shape index (κ1) is 11.3. The standard InChI is InChI=1S/C7H13NOS.ClH/c1-5-2-3-8-6(4-5)7(9)10;/h5-6,8H,2-4H2,1H3,(H,9,10);1H/t5-,6-;/m0./s1. The zero-order chi connectivity index (χ0) is 7.56. The Morgan fingerprint density at radius 3 is 2.64 bits per heavy atom. The summed E-state index contributed by atoms with van der Waals surface area (Å²) < 4.78 is 0. The Balaban J connectivity index is 0.000001000. The van der Waals surface area contributed by atoms with Crippen LogP contribution in [0.5, 0.6) is 0 Å². The molecule has 1 aliphatic rings. The Kier molecular flexibility index (Phi) is 5.13. The fourth-order valence-electron chi connectivity index (χ4n) is 1.30. The van der Waals surface area contributed by atoms with E-state index in [2.05, 4.69) is 24.9 Å². The van der Waals surface area contributed by atoms with Crippen molar-refractivity contribution in [2.75, 3.05) is 6.54 Å². The molecule has 1 saturated heterocycles. The largest absolute Gasteiger partial charge is 0.307 e. The lowest BCUT2D eigenvalue weighted by atomic mass is 9.95. The highest BCUT2D eigenvalue weighted by Crippen LogP contribution is 2.15. The number of hydrogen-bond acceptors (Lipinski definition) is 2. The Labute approximate surface area is 78.9 Å². The van der Waals surface area contributed by atoms with E-state index in [0.29, 0.717) is 5.92 Å². The molecule has 2 nitrogen and oxygen atoms in total. The molecule has 0 amide bonds. The Bertz CT molecular complexity index is 142. The zero-order valence-corrected chi connectivity index (χ0v) is 8.25. The summed E-state index contributed by atoms with van der Waals surface area (Å²) in [6.45, 7) is 3.13. The molecule has 0 bridgehead atoms. The van der Waals surface area contributed by atoms with Crippen LogP contribution in [0, 0.1) is 5.92 Å². The molecule has 0 radical (unpaired) electrons. The lowest BCUT2D eigenvalue weighted by Gasteiger charge is -2.25. The molecule has 0 spiro atoms. The van der Waals surface area contributed by atoms with Gasteiger partial charge in [-0.25, -0.2) is 0 Å². The summed E-state index contributed by atoms with van der Waals surface area (Å²) in [4.78, 5) is 10.7. The van der Waals surface area contributed by atoms with Gasteiger partial charge in [0.05, 0.1) is 6.04 Å². The molecule has 0 saturated carbocycles. The van der Waals surface area contributed by atoms with Crippen LogP contribution in [0.2, 0.25) is 0 Å². The van der Waals surface area contributed by atoms with Crippen molar-refractivity contribution in [1.82, 2.24) is 5.32 Å². The molecule has 0 aromatic heterocycles. The van der Waals surface area contributed by atoms with Gasteiger partial charge in [-0.3, -0.25) is 4.79 Å². The van der Waals surface area contributed by atoms with Crippen molar-refractivity contribution in [2.45, 2.75) is 25.8 Å². The second-order valence-corrected chi connectivity index (χ2v) is 3.42. The summed E-state index contributed by atoms with van der Waals surface area (Å²) in [6.07, 6.45) is 2.12. The minimum Gasteiger partial charge on any atom is -0.307 e. The first-order chi connectivity index (χ1) is 4.70. The fourth-order valence-corrected chi connectivity index (χ4v) is 1.49. The topological polar surface area (TPSA) is 29.1 Å². The number of hydrogen-bond donors (Lipinski definition) is 2. The average Bonchev–Trinajstić information content (AvgIpc) is 1.88. The molecule has 11 heavy (non-hydrogen) atoms. The molecule has 2 atom stereocenters. The van der Waals surface area contributed by atoms with Crippen LogP contribution in [0.1, 0.15) is 19.8 Å². The van der Waals surface area contributed by atoms with Gasteiger partial charge in [0.2, 0.25) is 5.12 Å². The van der Waals surface area contributed by atoms with Crippen LogP contribution in [0.3, 0.4) is 0 Å². The van der Waals surface area contributed by atoms with E-state index in [1.807, 2.05) is 0 Å². The van der Waals surface area contributed by atoms with Crippen molar-refractivity contribution in [2.24, 2.45) is 5.92 Å². The van der Waals surface area contributed by atoms with Crippen molar-refractivity contribution in [3.8, 4) is 0 Å². The van der Waals surface area contributed by atoms with E-state index >= 15 is 0 Å². The van der Waals surface area contributed by atoms with E-state index in [0.717, 1.165) is 13.0 Å². The van der Waals surface area contributed by atoms with Crippen molar-refractivity contribution < 1.29 is 4.79 Å². The molecule has 4 heteroatoms. The van der Waals surface area contributed by atoms with Crippen LogP contribution in [0.15, 0.2) is 0 Å². The number of carbonyl (C=O) groups excluding carboxylic acids is 1. The Morgan fingerprint density at radius 2 is 2.27 bits per heavy atom. The highest BCUT2D eigenvalue weighted by atomic mass is 35.5. The zero-order valence-electron chi connectivity index (χ0n) is 6.54. The number of halogens is 1. The van der Waals surface area contributed by atoms with Crippen LogP contribution >= 0.6 is 25.0 Å². The monoisotopic (exact) mass is 195 g/mol. The molecular formula is C7H14ClNOS. The summed E-state index contributed by atoms with van der Waals surface area (Å²) in [5.41, 5.74) is 0. The summed E-state index contributed by atoms with van der Waals surface area (Å²) >= 11 is 3.78. The molecule has 66 valence electrons. The maximum atomic E-state index is 10.7. The number of thiol groups is 1. The van der Waals surface area contributed by atoms with Gasteiger partial charge >= 0.3 is 0 Å². The molecule has 1 fully saturated rings. The molecule has 1 rings (SSSR count). The van der Waals surface area contributed by atoms with E-state index in [1.165, 1.54) is 6.42 Å². The second-order valence-electron chi connectivity index (χ2n) is 2.97. The van der Waals surface area contributed by atoms with Crippen molar-refractivity contribution in [1.29, 1.82) is 0 Å². The molecule has 0 aliphatic carbocycles. The van der Waals surface area contributed by atoms with Crippen LogP contribution < -0.4 is 5.32 Å². The molecule has 1 heterocycles. The Hall–Kier alpha value is 0.270. The van der Waals surface area contributed by atoms with Crippen molar-refractivity contribution >= 4 is 30.2 Å². The first-order valence-electron chi connectivity index (χ1n) is 3.66. The summed E-state index contributed by atoms with van der Waals surface area (Å²) in [5, 5.41) is 3.10. The summed E-state index contributed by atoms with van der Waals surface area (Å²) in [5.74, 6) is 0.669. The van der Waals surface area contributed by atoms with Gasteiger partial charge in [-0.1, -0.05) is 6.92 Å². The predicted molar refractivity (Wildman–Crippen MR) is 51.4 cm³/mol. The molecule has 0 aromatic rings. The third-order valence-corrected chi connectivity index (χ3v) is 2.28. The molecule has 1 aliphatic heterocycles. The number of nitrogens with one attached hydrogen (secondary N) is 1. The smallest absolute Gasteiger partial charge is 0.202 e. The van der Waals surface area contributed by atoms with Crippen LogP contribution in [-0.4, -0.2) is 17.7 Å². The van der Waals surface area contributed by atoms with Crippen molar-refractivity contribution in [3.05, 3.63) is 0 Å². The molecule has 0 unspecified atom stereocenters. The van der Waals surface area contributed by atoms with Gasteiger partial charge in [-0.2, -0.15) is 0 Å². The van der Waals surface area contributed by atoms with Gasteiger partial charge in [0, 0.05) is 0 Å². The van der Waals surface area contributed by atoms with Gasteiger partial charge in [0.25, 0.3) is 0 Å². The second kappa shape index (κ2) is 5.01. The fraction of sp³-hybridized carbons (Fsp3) is 0.857. The van der Waals surface area contributed by atoms with Gasteiger partial charge in [-0.15, -0.1) is 25.0 Å². The van der Waals surface area contributed by atoms with E-state index < -0.39 is 0 Å². The van der Waals surface area contributed by atoms with E-state index in [4.69, 9.17) is 0 Å². The van der Waals surface area contributed by atoms with E-state index in [9.17, 15) is 4.79 Å². The minimum absolute atomic E-state index is 0. The molecule has 0 aromatic carbocycles. The van der Waals surface area contributed by atoms with Crippen molar-refractivity contribution in [3.63, 3.8) is 0 Å². The molecular weight excluding hydrogens is 182 g/mol. The Morgan fingerprint density at radius 1 is 1.64 bits per heavy atom. The maximum Gasteiger partial charge on any atom is 0.202 e. The minimum atomic E-state index is -0.0217.